The molecule has 0 aliphatic rings. The number of carbonyl (C=O) groups excluding carboxylic acids is 4. The minimum absolute atomic E-state index is 0.169. The number of hydrogen-bond acceptors (Lipinski definition) is 9. The number of rotatable bonds is 14. The number of nitrogens with zero attached hydrogens (tertiary/aromatic N) is 2. The van der Waals surface area contributed by atoms with Crippen molar-refractivity contribution in [2.24, 2.45) is 0 Å². The molecule has 50 heavy (non-hydrogen) atoms. The van der Waals surface area contributed by atoms with E-state index in [-0.39, 0.29) is 47.0 Å². The zero-order valence-corrected chi connectivity index (χ0v) is 26.1. The summed E-state index contributed by atoms with van der Waals surface area (Å²) in [6.45, 7) is -0.759. The fourth-order valence-corrected chi connectivity index (χ4v) is 4.29. The molecule has 4 aromatic rings. The van der Waals surface area contributed by atoms with Crippen molar-refractivity contribution in [2.75, 3.05) is 13.1 Å². The van der Waals surface area contributed by atoms with Gasteiger partial charge in [0.15, 0.2) is 0 Å². The zero-order chi connectivity index (χ0) is 36.0. The van der Waals surface area contributed by atoms with Gasteiger partial charge in [0.25, 0.3) is 35.0 Å². The summed E-state index contributed by atoms with van der Waals surface area (Å²) in [6.07, 6.45) is 1.27. The van der Waals surface area contributed by atoms with Crippen molar-refractivity contribution >= 4 is 47.2 Å². The maximum Gasteiger partial charge on any atom is 0.269 e. The molecule has 4 aromatic carbocycles. The van der Waals surface area contributed by atoms with Crippen LogP contribution in [0.3, 0.4) is 0 Å². The van der Waals surface area contributed by atoms with Crippen LogP contribution in [0.15, 0.2) is 121 Å². The van der Waals surface area contributed by atoms with Crippen LogP contribution >= 0.6 is 0 Å². The number of non-ortho nitro benzene ring substituents is 2. The van der Waals surface area contributed by atoms with Gasteiger partial charge in [-0.25, -0.2) is 0 Å². The monoisotopic (exact) mass is 678 g/mol. The molecule has 4 rings (SSSR count). The van der Waals surface area contributed by atoms with Crippen molar-refractivity contribution in [1.82, 2.24) is 21.3 Å². The van der Waals surface area contributed by atoms with Crippen molar-refractivity contribution < 1.29 is 34.1 Å². The van der Waals surface area contributed by atoms with E-state index >= 15 is 0 Å². The van der Waals surface area contributed by atoms with Gasteiger partial charge >= 0.3 is 0 Å². The number of carbonyl (C=O) groups is 4. The van der Waals surface area contributed by atoms with Crippen LogP contribution in [0.25, 0.3) is 12.2 Å². The van der Waals surface area contributed by atoms with Gasteiger partial charge < -0.3 is 26.4 Å². The molecule has 0 aromatic heterocycles. The van der Waals surface area contributed by atoms with Crippen LogP contribution < -0.4 is 21.3 Å². The molecule has 4 amide bonds. The summed E-state index contributed by atoms with van der Waals surface area (Å²) in [7, 11) is 0. The molecule has 15 nitrogen and oxygen atoms in total. The second-order valence-electron chi connectivity index (χ2n) is 10.5. The number of hydrogen-bond donors (Lipinski definition) is 5. The van der Waals surface area contributed by atoms with E-state index in [4.69, 9.17) is 0 Å². The second kappa shape index (κ2) is 17.2. The van der Waals surface area contributed by atoms with Crippen LogP contribution in [-0.2, 0) is 9.59 Å². The van der Waals surface area contributed by atoms with Crippen molar-refractivity contribution in [2.45, 2.75) is 6.10 Å². The zero-order valence-electron chi connectivity index (χ0n) is 26.1. The van der Waals surface area contributed by atoms with E-state index in [1.165, 1.54) is 84.9 Å². The summed E-state index contributed by atoms with van der Waals surface area (Å²) in [6, 6.07) is 26.6. The Labute approximate surface area is 284 Å². The van der Waals surface area contributed by atoms with Gasteiger partial charge in [-0.3, -0.25) is 39.4 Å². The number of nitro benzene ring substituents is 2. The molecular weight excluding hydrogens is 648 g/mol. The highest BCUT2D eigenvalue weighted by atomic mass is 16.6. The molecule has 0 atom stereocenters. The summed E-state index contributed by atoms with van der Waals surface area (Å²) >= 11 is 0. The highest BCUT2D eigenvalue weighted by molar-refractivity contribution is 6.06. The molecule has 0 heterocycles. The normalized spacial score (nSPS) is 11.9. The average molecular weight is 679 g/mol. The second-order valence-corrected chi connectivity index (χ2v) is 10.5. The first kappa shape index (κ1) is 35.8. The number of nitrogens with one attached hydrogen (secondary N) is 4. The molecule has 0 bridgehead atoms. The number of aliphatic hydroxyl groups is 1. The van der Waals surface area contributed by atoms with Gasteiger partial charge in [-0.15, -0.1) is 0 Å². The summed E-state index contributed by atoms with van der Waals surface area (Å²) in [5.41, 5.74) is 0.471. The third-order valence-corrected chi connectivity index (χ3v) is 6.88. The van der Waals surface area contributed by atoms with E-state index in [9.17, 15) is 44.5 Å². The average Bonchev–Trinajstić information content (AvgIpc) is 3.13. The van der Waals surface area contributed by atoms with E-state index in [1.807, 2.05) is 0 Å². The summed E-state index contributed by atoms with van der Waals surface area (Å²) < 4.78 is 0. The predicted octanol–water partition coefficient (Wildman–Crippen LogP) is 3.34. The van der Waals surface area contributed by atoms with E-state index in [1.54, 1.807) is 36.4 Å². The van der Waals surface area contributed by atoms with Crippen molar-refractivity contribution in [3.63, 3.8) is 0 Å². The van der Waals surface area contributed by atoms with Crippen LogP contribution in [0.2, 0.25) is 0 Å². The van der Waals surface area contributed by atoms with Crippen LogP contribution in [-0.4, -0.2) is 57.8 Å². The van der Waals surface area contributed by atoms with Gasteiger partial charge in [0.05, 0.1) is 16.0 Å². The van der Waals surface area contributed by atoms with Crippen LogP contribution in [0.5, 0.6) is 0 Å². The number of amides is 4. The minimum Gasteiger partial charge on any atom is -0.389 e. The maximum absolute atomic E-state index is 13.2. The number of nitro groups is 2. The predicted molar refractivity (Wildman–Crippen MR) is 182 cm³/mol. The Morgan fingerprint density at radius 1 is 0.580 bits per heavy atom. The standard InChI is InChI=1S/C35H30N6O9/c42-29(21-36-34(45)30(38-32(43)25-7-3-1-4-8-25)19-23-11-15-27(16-12-23)40(47)48)22-37-35(46)31(39-33(44)26-9-5-2-6-10-26)20-24-13-17-28(18-14-24)41(49)50/h1-20,29,42H,21-22H2,(H,36,45)(H,37,46)(H,38,43)(H,39,44). The molecule has 0 saturated carbocycles. The first-order valence-electron chi connectivity index (χ1n) is 14.9. The van der Waals surface area contributed by atoms with Gasteiger partial charge in [-0.05, 0) is 71.8 Å². The van der Waals surface area contributed by atoms with Crippen molar-refractivity contribution in [3.8, 4) is 0 Å². The Morgan fingerprint density at radius 2 is 0.920 bits per heavy atom. The lowest BCUT2D eigenvalue weighted by molar-refractivity contribution is -0.385. The summed E-state index contributed by atoms with van der Waals surface area (Å²) in [4.78, 5) is 72.9. The molecule has 0 fully saturated rings. The van der Waals surface area contributed by atoms with Gasteiger partial charge in [-0.2, -0.15) is 0 Å². The lowest BCUT2D eigenvalue weighted by atomic mass is 10.1. The first-order chi connectivity index (χ1) is 24.0. The molecule has 254 valence electrons. The molecular formula is C35H30N6O9. The number of benzene rings is 4. The molecule has 0 aliphatic carbocycles. The third kappa shape index (κ3) is 10.5. The van der Waals surface area contributed by atoms with Crippen molar-refractivity contribution in [3.05, 3.63) is 163 Å². The Balaban J connectivity index is 1.44. The Morgan fingerprint density at radius 3 is 1.24 bits per heavy atom. The fraction of sp³-hybridized carbons (Fsp3) is 0.0857. The van der Waals surface area contributed by atoms with Crippen LogP contribution in [0, 0.1) is 20.2 Å². The van der Waals surface area contributed by atoms with Gasteiger partial charge in [0, 0.05) is 48.5 Å². The summed E-state index contributed by atoms with van der Waals surface area (Å²) in [5, 5.41) is 42.6. The lowest BCUT2D eigenvalue weighted by Crippen LogP contribution is -2.43. The lowest BCUT2D eigenvalue weighted by Gasteiger charge is -2.16. The number of aliphatic hydroxyl groups excluding tert-OH is 1. The van der Waals surface area contributed by atoms with Gasteiger partial charge in [-0.1, -0.05) is 36.4 Å². The summed E-state index contributed by atoms with van der Waals surface area (Å²) in [5.74, 6) is -2.81. The molecule has 5 N–H and O–H groups in total. The van der Waals surface area contributed by atoms with Crippen molar-refractivity contribution in [1.29, 1.82) is 0 Å². The Hall–Kier alpha value is -7.00. The Bertz CT molecular complexity index is 1790. The van der Waals surface area contributed by atoms with E-state index in [2.05, 4.69) is 21.3 Å². The highest BCUT2D eigenvalue weighted by Crippen LogP contribution is 2.16. The largest absolute Gasteiger partial charge is 0.389 e. The van der Waals surface area contributed by atoms with Crippen LogP contribution in [0.1, 0.15) is 31.8 Å². The maximum atomic E-state index is 13.2. The Kier molecular flexibility index (Phi) is 12.4. The van der Waals surface area contributed by atoms with E-state index < -0.39 is 39.6 Å². The third-order valence-electron chi connectivity index (χ3n) is 6.88. The molecule has 0 unspecified atom stereocenters. The minimum atomic E-state index is -1.33. The smallest absolute Gasteiger partial charge is 0.269 e. The van der Waals surface area contributed by atoms with E-state index in [0.29, 0.717) is 11.1 Å². The molecule has 0 aliphatic heterocycles. The fourth-order valence-electron chi connectivity index (χ4n) is 4.29. The van der Waals surface area contributed by atoms with Gasteiger partial charge in [0.1, 0.15) is 11.4 Å². The highest BCUT2D eigenvalue weighted by Gasteiger charge is 2.19. The molecule has 0 radical (unpaired) electrons. The molecule has 0 saturated heterocycles. The van der Waals surface area contributed by atoms with E-state index in [0.717, 1.165) is 0 Å². The van der Waals surface area contributed by atoms with Gasteiger partial charge in [0.2, 0.25) is 0 Å². The topological polar surface area (TPSA) is 223 Å². The molecule has 15 heteroatoms. The molecule has 0 spiro atoms. The first-order valence-corrected chi connectivity index (χ1v) is 14.9. The SMILES string of the molecule is O=C(NCC(O)CNC(=O)C(=Cc1ccc([N+](=O)[O-])cc1)NC(=O)c1ccccc1)C(=Cc1ccc([N+](=O)[O-])cc1)NC(=O)c1ccccc1. The van der Waals surface area contributed by atoms with Crippen LogP contribution in [0.4, 0.5) is 11.4 Å². The quantitative estimate of drug-likeness (QED) is 0.0748.